The Hall–Kier alpha value is -0.540. The molecule has 1 aliphatic rings. The van der Waals surface area contributed by atoms with Gasteiger partial charge in [-0.1, -0.05) is 6.92 Å². The van der Waals surface area contributed by atoms with E-state index in [1.807, 2.05) is 0 Å². The summed E-state index contributed by atoms with van der Waals surface area (Å²) in [5.41, 5.74) is 2.49. The molecule has 1 aliphatic carbocycles. The van der Waals surface area contributed by atoms with E-state index in [1.54, 1.807) is 0 Å². The molecule has 0 spiro atoms. The fourth-order valence-electron chi connectivity index (χ4n) is 2.97. The SMILES string of the molecule is CCn1nc(C)cc1CNC1(CCl)CCC(C)CC1. The zero-order chi connectivity index (χ0) is 13.9. The van der Waals surface area contributed by atoms with Crippen molar-refractivity contribution in [3.63, 3.8) is 0 Å². The summed E-state index contributed by atoms with van der Waals surface area (Å²) in [6.45, 7) is 8.32. The average Bonchev–Trinajstić information content (AvgIpc) is 2.79. The van der Waals surface area contributed by atoms with Crippen molar-refractivity contribution in [2.24, 2.45) is 5.92 Å². The van der Waals surface area contributed by atoms with Crippen molar-refractivity contribution in [3.8, 4) is 0 Å². The Labute approximate surface area is 121 Å². The minimum absolute atomic E-state index is 0.130. The second-order valence-corrected chi connectivity index (χ2v) is 6.31. The summed E-state index contributed by atoms with van der Waals surface area (Å²) < 4.78 is 2.08. The number of rotatable bonds is 5. The van der Waals surface area contributed by atoms with E-state index in [0.717, 1.165) is 24.7 Å². The van der Waals surface area contributed by atoms with Crippen LogP contribution in [-0.2, 0) is 13.1 Å². The van der Waals surface area contributed by atoms with Gasteiger partial charge in [0.15, 0.2) is 0 Å². The highest BCUT2D eigenvalue weighted by molar-refractivity contribution is 6.18. The second kappa shape index (κ2) is 6.27. The Morgan fingerprint density at radius 3 is 2.74 bits per heavy atom. The molecular formula is C15H26ClN3. The number of nitrogens with one attached hydrogen (secondary N) is 1. The van der Waals surface area contributed by atoms with Crippen molar-refractivity contribution in [2.75, 3.05) is 5.88 Å². The Balaban J connectivity index is 1.99. The van der Waals surface area contributed by atoms with Crippen LogP contribution < -0.4 is 5.32 Å². The molecule has 0 amide bonds. The quantitative estimate of drug-likeness (QED) is 0.839. The van der Waals surface area contributed by atoms with Gasteiger partial charge in [-0.05, 0) is 51.5 Å². The molecule has 1 aromatic heterocycles. The van der Waals surface area contributed by atoms with Crippen LogP contribution >= 0.6 is 11.6 Å². The molecule has 0 aliphatic heterocycles. The number of hydrogen-bond donors (Lipinski definition) is 1. The Bertz CT molecular complexity index is 406. The van der Waals surface area contributed by atoms with Gasteiger partial charge in [-0.3, -0.25) is 4.68 Å². The summed E-state index contributed by atoms with van der Waals surface area (Å²) in [5, 5.41) is 8.21. The number of halogens is 1. The van der Waals surface area contributed by atoms with Gasteiger partial charge in [0.1, 0.15) is 0 Å². The zero-order valence-electron chi connectivity index (χ0n) is 12.4. The second-order valence-electron chi connectivity index (χ2n) is 6.04. The molecule has 0 aromatic carbocycles. The van der Waals surface area contributed by atoms with Crippen LogP contribution in [-0.4, -0.2) is 21.2 Å². The smallest absolute Gasteiger partial charge is 0.0597 e. The van der Waals surface area contributed by atoms with Gasteiger partial charge in [-0.2, -0.15) is 5.10 Å². The summed E-state index contributed by atoms with van der Waals surface area (Å²) in [7, 11) is 0. The van der Waals surface area contributed by atoms with Crippen molar-refractivity contribution in [1.82, 2.24) is 15.1 Å². The number of aromatic nitrogens is 2. The zero-order valence-corrected chi connectivity index (χ0v) is 13.1. The number of aryl methyl sites for hydroxylation is 2. The molecular weight excluding hydrogens is 258 g/mol. The lowest BCUT2D eigenvalue weighted by molar-refractivity contribution is 0.214. The Kier molecular flexibility index (Phi) is 4.91. The third kappa shape index (κ3) is 3.51. The Morgan fingerprint density at radius 2 is 2.16 bits per heavy atom. The van der Waals surface area contributed by atoms with Crippen LogP contribution in [0.25, 0.3) is 0 Å². The van der Waals surface area contributed by atoms with Crippen LogP contribution in [0.15, 0.2) is 6.07 Å². The maximum Gasteiger partial charge on any atom is 0.0597 e. The number of hydrogen-bond acceptors (Lipinski definition) is 2. The molecule has 0 bridgehead atoms. The van der Waals surface area contributed by atoms with E-state index < -0.39 is 0 Å². The summed E-state index contributed by atoms with van der Waals surface area (Å²) in [6.07, 6.45) is 4.95. The molecule has 3 nitrogen and oxygen atoms in total. The maximum atomic E-state index is 6.25. The predicted molar refractivity (Wildman–Crippen MR) is 80.6 cm³/mol. The summed E-state index contributed by atoms with van der Waals surface area (Å²) in [4.78, 5) is 0. The van der Waals surface area contributed by atoms with E-state index in [1.165, 1.54) is 31.4 Å². The lowest BCUT2D eigenvalue weighted by atomic mass is 9.78. The first-order valence-corrected chi connectivity index (χ1v) is 7.96. The standard InChI is InChI=1S/C15H26ClN3/c1-4-19-14(9-13(3)18-19)10-17-15(11-16)7-5-12(2)6-8-15/h9,12,17H,4-8,10-11H2,1-3H3. The largest absolute Gasteiger partial charge is 0.304 e. The van der Waals surface area contributed by atoms with Crippen molar-refractivity contribution in [1.29, 1.82) is 0 Å². The van der Waals surface area contributed by atoms with Gasteiger partial charge in [-0.25, -0.2) is 0 Å². The van der Waals surface area contributed by atoms with Crippen LogP contribution in [0.1, 0.15) is 50.9 Å². The molecule has 0 unspecified atom stereocenters. The molecule has 108 valence electrons. The van der Waals surface area contributed by atoms with Crippen molar-refractivity contribution in [3.05, 3.63) is 17.5 Å². The summed E-state index contributed by atoms with van der Waals surface area (Å²) in [6, 6.07) is 2.17. The molecule has 0 atom stereocenters. The topological polar surface area (TPSA) is 29.9 Å². The van der Waals surface area contributed by atoms with E-state index in [9.17, 15) is 0 Å². The molecule has 1 heterocycles. The molecule has 1 aromatic rings. The van der Waals surface area contributed by atoms with E-state index in [2.05, 4.69) is 41.9 Å². The summed E-state index contributed by atoms with van der Waals surface area (Å²) in [5.74, 6) is 1.56. The van der Waals surface area contributed by atoms with E-state index in [4.69, 9.17) is 11.6 Å². The molecule has 19 heavy (non-hydrogen) atoms. The lowest BCUT2D eigenvalue weighted by Gasteiger charge is -2.39. The van der Waals surface area contributed by atoms with E-state index in [0.29, 0.717) is 5.88 Å². The van der Waals surface area contributed by atoms with Gasteiger partial charge >= 0.3 is 0 Å². The molecule has 1 fully saturated rings. The first kappa shape index (κ1) is 14.9. The number of alkyl halides is 1. The molecule has 1 N–H and O–H groups in total. The van der Waals surface area contributed by atoms with Gasteiger partial charge in [0.2, 0.25) is 0 Å². The highest BCUT2D eigenvalue weighted by atomic mass is 35.5. The van der Waals surface area contributed by atoms with Crippen molar-refractivity contribution < 1.29 is 0 Å². The first-order valence-electron chi connectivity index (χ1n) is 7.43. The molecule has 0 saturated heterocycles. The highest BCUT2D eigenvalue weighted by Gasteiger charge is 2.33. The van der Waals surface area contributed by atoms with Gasteiger partial charge in [0.25, 0.3) is 0 Å². The predicted octanol–water partition coefficient (Wildman–Crippen LogP) is 3.49. The average molecular weight is 284 g/mol. The van der Waals surface area contributed by atoms with Crippen LogP contribution in [0.4, 0.5) is 0 Å². The number of nitrogens with zero attached hydrogens (tertiary/aromatic N) is 2. The molecule has 2 rings (SSSR count). The molecule has 1 saturated carbocycles. The summed E-state index contributed by atoms with van der Waals surface area (Å²) >= 11 is 6.25. The minimum Gasteiger partial charge on any atom is -0.304 e. The van der Waals surface area contributed by atoms with Crippen LogP contribution in [0.5, 0.6) is 0 Å². The Morgan fingerprint density at radius 1 is 1.47 bits per heavy atom. The fraction of sp³-hybridized carbons (Fsp3) is 0.800. The third-order valence-electron chi connectivity index (χ3n) is 4.42. The van der Waals surface area contributed by atoms with E-state index >= 15 is 0 Å². The van der Waals surface area contributed by atoms with Crippen LogP contribution in [0.3, 0.4) is 0 Å². The lowest BCUT2D eigenvalue weighted by Crippen LogP contribution is -2.49. The van der Waals surface area contributed by atoms with Crippen molar-refractivity contribution >= 4 is 11.6 Å². The van der Waals surface area contributed by atoms with Gasteiger partial charge in [0, 0.05) is 24.5 Å². The van der Waals surface area contributed by atoms with Crippen LogP contribution in [0.2, 0.25) is 0 Å². The molecule has 4 heteroatoms. The minimum atomic E-state index is 0.130. The maximum absolute atomic E-state index is 6.25. The van der Waals surface area contributed by atoms with Gasteiger partial charge in [0.05, 0.1) is 11.4 Å². The monoisotopic (exact) mass is 283 g/mol. The van der Waals surface area contributed by atoms with Crippen molar-refractivity contribution in [2.45, 2.75) is 65.1 Å². The molecule has 0 radical (unpaired) electrons. The first-order chi connectivity index (χ1) is 9.08. The van der Waals surface area contributed by atoms with Crippen LogP contribution in [0, 0.1) is 12.8 Å². The van der Waals surface area contributed by atoms with Gasteiger partial charge < -0.3 is 5.32 Å². The fourth-order valence-corrected chi connectivity index (χ4v) is 3.33. The highest BCUT2D eigenvalue weighted by Crippen LogP contribution is 2.33. The third-order valence-corrected chi connectivity index (χ3v) is 4.93. The van der Waals surface area contributed by atoms with Gasteiger partial charge in [-0.15, -0.1) is 11.6 Å². The normalized spacial score (nSPS) is 27.7. The van der Waals surface area contributed by atoms with E-state index in [-0.39, 0.29) is 5.54 Å².